The summed E-state index contributed by atoms with van der Waals surface area (Å²) < 4.78 is 27.1. The molecule has 0 spiro atoms. The first-order valence-electron chi connectivity index (χ1n) is 6.28. The van der Waals surface area contributed by atoms with Crippen molar-refractivity contribution in [2.24, 2.45) is 0 Å². The van der Waals surface area contributed by atoms with E-state index in [0.717, 1.165) is 29.4 Å². The van der Waals surface area contributed by atoms with Gasteiger partial charge in [0, 0.05) is 24.2 Å². The molecule has 7 heteroatoms. The maximum atomic E-state index is 12.3. The van der Waals surface area contributed by atoms with Gasteiger partial charge in [0.2, 0.25) is 10.0 Å². The van der Waals surface area contributed by atoms with Gasteiger partial charge in [-0.3, -0.25) is 0 Å². The molecule has 3 rings (SSSR count). The molecule has 0 unspecified atom stereocenters. The van der Waals surface area contributed by atoms with E-state index in [2.05, 4.69) is 15.0 Å². The molecule has 1 aliphatic rings. The van der Waals surface area contributed by atoms with Crippen LogP contribution < -0.4 is 10.0 Å². The summed E-state index contributed by atoms with van der Waals surface area (Å²) in [5, 5.41) is 5.88. The Bertz CT molecular complexity index is 738. The van der Waals surface area contributed by atoms with Crippen molar-refractivity contribution in [1.82, 2.24) is 15.0 Å². The molecule has 0 bridgehead atoms. The van der Waals surface area contributed by atoms with E-state index in [1.54, 1.807) is 12.1 Å². The molecule has 0 saturated heterocycles. The van der Waals surface area contributed by atoms with Gasteiger partial charge in [0.25, 0.3) is 0 Å². The summed E-state index contributed by atoms with van der Waals surface area (Å²) in [6, 6.07) is 5.27. The third-order valence-corrected chi connectivity index (χ3v) is 5.56. The van der Waals surface area contributed by atoms with Crippen LogP contribution in [0.25, 0.3) is 0 Å². The predicted molar refractivity (Wildman–Crippen MR) is 77.9 cm³/mol. The second-order valence-electron chi connectivity index (χ2n) is 4.74. The second-order valence-corrected chi connectivity index (χ2v) is 7.45. The summed E-state index contributed by atoms with van der Waals surface area (Å²) in [7, 11) is -3.48. The molecule has 0 fully saturated rings. The normalized spacial score (nSPS) is 14.4. The molecule has 0 saturated carbocycles. The molecule has 1 aliphatic heterocycles. The van der Waals surface area contributed by atoms with Crippen LogP contribution >= 0.6 is 11.3 Å². The van der Waals surface area contributed by atoms with E-state index in [0.29, 0.717) is 4.90 Å². The van der Waals surface area contributed by atoms with Gasteiger partial charge < -0.3 is 5.32 Å². The zero-order valence-electron chi connectivity index (χ0n) is 11.0. The second kappa shape index (κ2) is 5.25. The van der Waals surface area contributed by atoms with E-state index in [1.165, 1.54) is 16.9 Å². The number of nitrogens with one attached hydrogen (secondary N) is 2. The van der Waals surface area contributed by atoms with Crippen molar-refractivity contribution < 1.29 is 8.42 Å². The summed E-state index contributed by atoms with van der Waals surface area (Å²) in [5.41, 5.74) is 3.13. The number of rotatable bonds is 4. The number of sulfonamides is 1. The average Bonchev–Trinajstić information content (AvgIpc) is 3.04. The van der Waals surface area contributed by atoms with Gasteiger partial charge in [-0.1, -0.05) is 6.07 Å². The molecule has 5 nitrogen and oxygen atoms in total. The smallest absolute Gasteiger partial charge is 0.240 e. The molecule has 106 valence electrons. The van der Waals surface area contributed by atoms with Crippen molar-refractivity contribution in [3.8, 4) is 0 Å². The van der Waals surface area contributed by atoms with Gasteiger partial charge in [-0.2, -0.15) is 0 Å². The van der Waals surface area contributed by atoms with Crippen LogP contribution in [0.2, 0.25) is 0 Å². The van der Waals surface area contributed by atoms with Crippen molar-refractivity contribution in [2.45, 2.75) is 31.5 Å². The van der Waals surface area contributed by atoms with Gasteiger partial charge in [0.15, 0.2) is 0 Å². The standard InChI is InChI=1S/C13H15N3O2S2/c1-9-8-19-13(16-9)7-15-20(17,18)12-3-2-10-5-14-6-11(10)4-12/h2-4,8,14-15H,5-7H2,1H3. The maximum Gasteiger partial charge on any atom is 0.240 e. The van der Waals surface area contributed by atoms with Gasteiger partial charge in [0.1, 0.15) is 5.01 Å². The molecule has 0 radical (unpaired) electrons. The topological polar surface area (TPSA) is 71.1 Å². The highest BCUT2D eigenvalue weighted by Gasteiger charge is 2.18. The van der Waals surface area contributed by atoms with Crippen LogP contribution in [0.5, 0.6) is 0 Å². The molecule has 2 heterocycles. The van der Waals surface area contributed by atoms with Crippen LogP contribution in [0.4, 0.5) is 0 Å². The van der Waals surface area contributed by atoms with Crippen LogP contribution in [-0.2, 0) is 29.7 Å². The quantitative estimate of drug-likeness (QED) is 0.898. The molecule has 0 atom stereocenters. The van der Waals surface area contributed by atoms with Crippen LogP contribution in [0.1, 0.15) is 21.8 Å². The summed E-state index contributed by atoms with van der Waals surface area (Å²) in [4.78, 5) is 4.56. The summed E-state index contributed by atoms with van der Waals surface area (Å²) in [6.07, 6.45) is 0. The van der Waals surface area contributed by atoms with Crippen LogP contribution in [0.15, 0.2) is 28.5 Å². The summed E-state index contributed by atoms with van der Waals surface area (Å²) in [6.45, 7) is 3.66. The highest BCUT2D eigenvalue weighted by atomic mass is 32.2. The lowest BCUT2D eigenvalue weighted by atomic mass is 10.1. The largest absolute Gasteiger partial charge is 0.309 e. The van der Waals surface area contributed by atoms with Crippen molar-refractivity contribution in [3.63, 3.8) is 0 Å². The Morgan fingerprint density at radius 2 is 2.15 bits per heavy atom. The number of benzene rings is 1. The number of aryl methyl sites for hydroxylation is 1. The first-order valence-corrected chi connectivity index (χ1v) is 8.64. The minimum Gasteiger partial charge on any atom is -0.309 e. The third kappa shape index (κ3) is 2.76. The molecule has 20 heavy (non-hydrogen) atoms. The van der Waals surface area contributed by atoms with Gasteiger partial charge in [-0.25, -0.2) is 18.1 Å². The average molecular weight is 309 g/mol. The van der Waals surface area contributed by atoms with Crippen LogP contribution in [0, 0.1) is 6.92 Å². The lowest BCUT2D eigenvalue weighted by Gasteiger charge is -2.07. The van der Waals surface area contributed by atoms with Crippen molar-refractivity contribution in [3.05, 3.63) is 45.4 Å². The Morgan fingerprint density at radius 3 is 2.90 bits per heavy atom. The molecule has 0 amide bonds. The number of hydrogen-bond donors (Lipinski definition) is 2. The zero-order valence-corrected chi connectivity index (χ0v) is 12.6. The number of fused-ring (bicyclic) bond motifs is 1. The third-order valence-electron chi connectivity index (χ3n) is 3.20. The molecular formula is C13H15N3O2S2. The summed E-state index contributed by atoms with van der Waals surface area (Å²) in [5.74, 6) is 0. The number of aromatic nitrogens is 1. The Morgan fingerprint density at radius 1 is 1.35 bits per heavy atom. The lowest BCUT2D eigenvalue weighted by molar-refractivity contribution is 0.581. The van der Waals surface area contributed by atoms with Crippen LogP contribution in [-0.4, -0.2) is 13.4 Å². The van der Waals surface area contributed by atoms with E-state index in [-0.39, 0.29) is 6.54 Å². The fourth-order valence-corrected chi connectivity index (χ4v) is 4.00. The van der Waals surface area contributed by atoms with Gasteiger partial charge in [0.05, 0.1) is 11.4 Å². The predicted octanol–water partition coefficient (Wildman–Crippen LogP) is 1.53. The molecule has 1 aromatic heterocycles. The summed E-state index contributed by atoms with van der Waals surface area (Å²) >= 11 is 1.46. The number of nitrogens with zero attached hydrogens (tertiary/aromatic N) is 1. The van der Waals surface area contributed by atoms with E-state index in [9.17, 15) is 8.42 Å². The Hall–Kier alpha value is -1.28. The minimum atomic E-state index is -3.48. The van der Waals surface area contributed by atoms with E-state index >= 15 is 0 Å². The first kappa shape index (κ1) is 13.7. The van der Waals surface area contributed by atoms with E-state index in [4.69, 9.17) is 0 Å². The van der Waals surface area contributed by atoms with Gasteiger partial charge >= 0.3 is 0 Å². The maximum absolute atomic E-state index is 12.3. The molecule has 1 aromatic carbocycles. The van der Waals surface area contributed by atoms with Crippen LogP contribution in [0.3, 0.4) is 0 Å². The SMILES string of the molecule is Cc1csc(CNS(=O)(=O)c2ccc3c(c2)CNC3)n1. The van der Waals surface area contributed by atoms with E-state index < -0.39 is 10.0 Å². The first-order chi connectivity index (χ1) is 9.54. The molecule has 2 N–H and O–H groups in total. The Balaban J connectivity index is 1.78. The van der Waals surface area contributed by atoms with Gasteiger partial charge in [-0.15, -0.1) is 11.3 Å². The van der Waals surface area contributed by atoms with Crippen molar-refractivity contribution in [1.29, 1.82) is 0 Å². The van der Waals surface area contributed by atoms with E-state index in [1.807, 2.05) is 18.4 Å². The lowest BCUT2D eigenvalue weighted by Crippen LogP contribution is -2.23. The highest BCUT2D eigenvalue weighted by molar-refractivity contribution is 7.89. The minimum absolute atomic E-state index is 0.232. The van der Waals surface area contributed by atoms with Gasteiger partial charge in [-0.05, 0) is 30.2 Å². The molecule has 2 aromatic rings. The van der Waals surface area contributed by atoms with Crippen molar-refractivity contribution in [2.75, 3.05) is 0 Å². The monoisotopic (exact) mass is 309 g/mol. The zero-order chi connectivity index (χ0) is 14.2. The number of thiazole rings is 1. The highest BCUT2D eigenvalue weighted by Crippen LogP contribution is 2.20. The molecule has 0 aliphatic carbocycles. The molecular weight excluding hydrogens is 294 g/mol. The Kier molecular flexibility index (Phi) is 3.59. The Labute approximate surface area is 122 Å². The number of hydrogen-bond acceptors (Lipinski definition) is 5. The van der Waals surface area contributed by atoms with Crippen molar-refractivity contribution >= 4 is 21.4 Å². The fourth-order valence-electron chi connectivity index (χ4n) is 2.16. The fraction of sp³-hybridized carbons (Fsp3) is 0.308.